The number of hydrogen-bond acceptors (Lipinski definition) is 7. The minimum atomic E-state index is -0.512. The lowest BCUT2D eigenvalue weighted by atomic mass is 10.2. The smallest absolute Gasteiger partial charge is 0.326 e. The van der Waals surface area contributed by atoms with Gasteiger partial charge in [-0.25, -0.2) is 9.78 Å². The van der Waals surface area contributed by atoms with E-state index in [0.717, 1.165) is 0 Å². The van der Waals surface area contributed by atoms with Crippen molar-refractivity contribution < 1.29 is 9.90 Å². The van der Waals surface area contributed by atoms with E-state index < -0.39 is 5.69 Å². The van der Waals surface area contributed by atoms with Crippen LogP contribution >= 0.6 is 0 Å². The van der Waals surface area contributed by atoms with Gasteiger partial charge >= 0.3 is 5.69 Å². The highest BCUT2D eigenvalue weighted by atomic mass is 16.3. The van der Waals surface area contributed by atoms with E-state index >= 15 is 0 Å². The monoisotopic (exact) mass is 446 g/mol. The number of benzene rings is 1. The zero-order valence-electron chi connectivity index (χ0n) is 17.8. The number of aromatic amines is 2. The molecule has 0 saturated heterocycles. The zero-order valence-corrected chi connectivity index (χ0v) is 17.8. The zero-order chi connectivity index (χ0) is 22.9. The summed E-state index contributed by atoms with van der Waals surface area (Å²) in [5.41, 5.74) is 2.06. The van der Waals surface area contributed by atoms with E-state index in [-0.39, 0.29) is 17.5 Å². The summed E-state index contributed by atoms with van der Waals surface area (Å²) in [5.74, 6) is 0.666. The molecule has 5 rings (SSSR count). The second-order valence-electron chi connectivity index (χ2n) is 7.89. The van der Waals surface area contributed by atoms with E-state index in [1.54, 1.807) is 48.1 Å². The number of rotatable bonds is 6. The summed E-state index contributed by atoms with van der Waals surface area (Å²) in [4.78, 5) is 37.7. The quantitative estimate of drug-likeness (QED) is 0.289. The van der Waals surface area contributed by atoms with Crippen molar-refractivity contribution in [3.63, 3.8) is 0 Å². The summed E-state index contributed by atoms with van der Waals surface area (Å²) in [5, 5.41) is 20.8. The summed E-state index contributed by atoms with van der Waals surface area (Å²) in [7, 11) is 1.58. The van der Waals surface area contributed by atoms with Gasteiger partial charge in [-0.05, 0) is 43.0 Å². The number of carbonyl (C=O) groups is 1. The molecule has 1 saturated carbocycles. The highest BCUT2D eigenvalue weighted by Crippen LogP contribution is 2.28. The summed E-state index contributed by atoms with van der Waals surface area (Å²) in [6.45, 7) is 0.704. The molecule has 11 nitrogen and oxygen atoms in total. The van der Waals surface area contributed by atoms with Crippen molar-refractivity contribution in [1.82, 2.24) is 29.9 Å². The van der Waals surface area contributed by atoms with Crippen LogP contribution in [-0.2, 0) is 0 Å². The fourth-order valence-corrected chi connectivity index (χ4v) is 3.44. The minimum absolute atomic E-state index is 0.185. The van der Waals surface area contributed by atoms with Gasteiger partial charge in [0.1, 0.15) is 11.5 Å². The number of nitrogens with one attached hydrogen (secondary N) is 4. The molecule has 3 aromatic heterocycles. The molecule has 0 aliphatic heterocycles. The largest absolute Gasteiger partial charge is 0.493 e. The first kappa shape index (κ1) is 20.5. The highest BCUT2D eigenvalue weighted by Gasteiger charge is 2.20. The molecular weight excluding hydrogens is 424 g/mol. The Bertz CT molecular complexity index is 1530. The lowest BCUT2D eigenvalue weighted by Gasteiger charge is -2.08. The fourth-order valence-electron chi connectivity index (χ4n) is 3.44. The number of aromatic hydroxyl groups is 1. The lowest BCUT2D eigenvalue weighted by Crippen LogP contribution is -2.20. The van der Waals surface area contributed by atoms with Gasteiger partial charge in [-0.3, -0.25) is 14.8 Å². The molecule has 3 heterocycles. The SMILES string of the molecule is CNC(=O)c1cccc(Nc2cc(=NCC3CC3)n3nc/c(=C\c4[nH]c(=O)[nH]c4O)c3n2)c1. The van der Waals surface area contributed by atoms with Crippen LogP contribution in [0.15, 0.2) is 46.3 Å². The molecule has 1 amide bonds. The van der Waals surface area contributed by atoms with Crippen LogP contribution in [0.5, 0.6) is 5.88 Å². The third kappa shape index (κ3) is 4.33. The molecule has 33 heavy (non-hydrogen) atoms. The van der Waals surface area contributed by atoms with Crippen LogP contribution in [0.4, 0.5) is 11.5 Å². The van der Waals surface area contributed by atoms with Crippen molar-refractivity contribution in [2.75, 3.05) is 18.9 Å². The molecule has 4 aromatic rings. The van der Waals surface area contributed by atoms with E-state index in [2.05, 4.69) is 30.7 Å². The van der Waals surface area contributed by atoms with Crippen molar-refractivity contribution in [1.29, 1.82) is 0 Å². The van der Waals surface area contributed by atoms with Crippen molar-refractivity contribution in [3.05, 3.63) is 69.0 Å². The Morgan fingerprint density at radius 3 is 2.91 bits per heavy atom. The van der Waals surface area contributed by atoms with Gasteiger partial charge in [0.05, 0.1) is 6.20 Å². The number of nitrogens with zero attached hydrogens (tertiary/aromatic N) is 4. The molecule has 1 aliphatic carbocycles. The van der Waals surface area contributed by atoms with Gasteiger partial charge in [0.15, 0.2) is 11.1 Å². The van der Waals surface area contributed by atoms with Crippen LogP contribution < -0.4 is 27.0 Å². The predicted molar refractivity (Wildman–Crippen MR) is 121 cm³/mol. The Morgan fingerprint density at radius 1 is 1.33 bits per heavy atom. The Hall–Kier alpha value is -4.41. The van der Waals surface area contributed by atoms with Crippen molar-refractivity contribution in [2.45, 2.75) is 12.8 Å². The molecule has 0 spiro atoms. The van der Waals surface area contributed by atoms with Crippen LogP contribution in [0.1, 0.15) is 28.9 Å². The standard InChI is InChI=1S/C22H22N8O3/c1-23-20(31)13-3-2-4-15(7-13)26-17-9-18(24-10-12-5-6-12)30-19(28-17)14(11-25-30)8-16-21(32)29-22(33)27-16/h2-4,7-9,11-12,26,32H,5-6,10H2,1H3,(H,23,31)(H2,27,29,33)/b14-8+,24-18?. The average molecular weight is 446 g/mol. The van der Waals surface area contributed by atoms with Crippen LogP contribution in [0.25, 0.3) is 11.7 Å². The molecule has 11 heteroatoms. The number of hydrogen-bond donors (Lipinski definition) is 5. The van der Waals surface area contributed by atoms with Crippen molar-refractivity contribution in [2.24, 2.45) is 10.9 Å². The second-order valence-corrected chi connectivity index (χ2v) is 7.89. The third-order valence-corrected chi connectivity index (χ3v) is 5.35. The number of imidazole rings is 1. The number of H-pyrrole nitrogens is 2. The molecule has 168 valence electrons. The fraction of sp³-hybridized carbons (Fsp3) is 0.227. The summed E-state index contributed by atoms with van der Waals surface area (Å²) in [6.07, 6.45) is 5.53. The lowest BCUT2D eigenvalue weighted by molar-refractivity contribution is 0.0963. The molecule has 5 N–H and O–H groups in total. The first-order chi connectivity index (χ1) is 16.0. The summed E-state index contributed by atoms with van der Waals surface area (Å²) in [6, 6.07) is 8.88. The third-order valence-electron chi connectivity index (χ3n) is 5.35. The Morgan fingerprint density at radius 2 is 2.18 bits per heavy atom. The van der Waals surface area contributed by atoms with Gasteiger partial charge in [-0.15, -0.1) is 0 Å². The van der Waals surface area contributed by atoms with Crippen LogP contribution in [0.3, 0.4) is 0 Å². The average Bonchev–Trinajstić information content (AvgIpc) is 3.47. The van der Waals surface area contributed by atoms with Gasteiger partial charge in [0.25, 0.3) is 5.91 Å². The maximum atomic E-state index is 12.0. The van der Waals surface area contributed by atoms with Gasteiger partial charge in [0, 0.05) is 36.1 Å². The van der Waals surface area contributed by atoms with Crippen LogP contribution in [-0.4, -0.2) is 49.2 Å². The predicted octanol–water partition coefficient (Wildman–Crippen LogP) is 0.413. The van der Waals surface area contributed by atoms with Crippen LogP contribution in [0, 0.1) is 5.92 Å². The van der Waals surface area contributed by atoms with E-state index in [4.69, 9.17) is 4.99 Å². The summed E-state index contributed by atoms with van der Waals surface area (Å²) >= 11 is 0. The van der Waals surface area contributed by atoms with Gasteiger partial charge in [-0.1, -0.05) is 6.07 Å². The van der Waals surface area contributed by atoms with Crippen LogP contribution in [0.2, 0.25) is 0 Å². The van der Waals surface area contributed by atoms with Crippen molar-refractivity contribution in [3.8, 4) is 5.88 Å². The van der Waals surface area contributed by atoms with Gasteiger partial charge < -0.3 is 20.7 Å². The molecular formula is C22H22N8O3. The number of fused-ring (bicyclic) bond motifs is 1. The maximum Gasteiger partial charge on any atom is 0.326 e. The second kappa shape index (κ2) is 8.26. The Balaban J connectivity index is 1.61. The molecule has 1 fully saturated rings. The molecule has 1 aromatic carbocycles. The molecule has 0 radical (unpaired) electrons. The minimum Gasteiger partial charge on any atom is -0.493 e. The maximum absolute atomic E-state index is 12.0. The Kier molecular flexibility index (Phi) is 5.13. The molecule has 0 unspecified atom stereocenters. The van der Waals surface area contributed by atoms with Gasteiger partial charge in [-0.2, -0.15) is 9.61 Å². The number of carbonyl (C=O) groups excluding carboxylic acids is 1. The highest BCUT2D eigenvalue weighted by molar-refractivity contribution is 5.95. The number of amides is 1. The molecule has 0 bridgehead atoms. The van der Waals surface area contributed by atoms with Crippen molar-refractivity contribution >= 4 is 29.1 Å². The first-order valence-electron chi connectivity index (χ1n) is 10.5. The van der Waals surface area contributed by atoms with E-state index in [0.29, 0.717) is 45.9 Å². The molecule has 1 aliphatic rings. The summed E-state index contributed by atoms with van der Waals surface area (Å²) < 4.78 is 1.63. The number of anilines is 2. The molecule has 0 atom stereocenters. The number of aromatic nitrogens is 5. The van der Waals surface area contributed by atoms with E-state index in [9.17, 15) is 14.7 Å². The topological polar surface area (TPSA) is 153 Å². The van der Waals surface area contributed by atoms with E-state index in [1.807, 2.05) is 6.07 Å². The van der Waals surface area contributed by atoms with E-state index in [1.165, 1.54) is 12.8 Å². The normalized spacial score (nSPS) is 14.7. The Labute approximate surface area is 186 Å². The first-order valence-corrected chi connectivity index (χ1v) is 10.5. The van der Waals surface area contributed by atoms with Gasteiger partial charge in [0.2, 0.25) is 5.88 Å².